The zero-order valence-electron chi connectivity index (χ0n) is 17.3. The number of ether oxygens (including phenoxy) is 1. The number of carbonyl (C=O) groups is 1. The zero-order valence-corrected chi connectivity index (χ0v) is 18.9. The smallest absolute Gasteiger partial charge is 0.147 e. The predicted octanol–water partition coefficient (Wildman–Crippen LogP) is 4.99. The third-order valence-electron chi connectivity index (χ3n) is 9.59. The monoisotopic (exact) mass is 440 g/mol. The second kappa shape index (κ2) is 7.09. The Hall–Kier alpha value is 0.0700. The second-order valence-corrected chi connectivity index (χ2v) is 11.4. The quantitative estimate of drug-likeness (QED) is 0.626. The molecule has 0 heterocycles. The molecule has 0 saturated heterocycles. The van der Waals surface area contributed by atoms with Crippen LogP contribution in [0.2, 0.25) is 0 Å². The molecule has 27 heavy (non-hydrogen) atoms. The minimum Gasteiger partial charge on any atom is -0.390 e. The van der Waals surface area contributed by atoms with Crippen molar-refractivity contribution in [2.75, 3.05) is 19.0 Å². The first-order chi connectivity index (χ1) is 12.8. The first kappa shape index (κ1) is 20.3. The minimum atomic E-state index is -0.501. The Bertz CT molecular complexity index is 590. The number of ketones is 1. The largest absolute Gasteiger partial charge is 0.390 e. The number of aliphatic hydroxyl groups is 1. The van der Waals surface area contributed by atoms with Crippen LogP contribution in [-0.2, 0) is 9.53 Å². The molecule has 3 nitrogen and oxygen atoms in total. The highest BCUT2D eigenvalue weighted by Gasteiger charge is 2.62. The average Bonchev–Trinajstić information content (AvgIpc) is 2.98. The van der Waals surface area contributed by atoms with E-state index in [4.69, 9.17) is 4.74 Å². The molecule has 1 unspecified atom stereocenters. The van der Waals surface area contributed by atoms with Crippen LogP contribution in [0.1, 0.15) is 71.6 Å². The summed E-state index contributed by atoms with van der Waals surface area (Å²) in [6.07, 6.45) is 10.2. The summed E-state index contributed by atoms with van der Waals surface area (Å²) in [6.45, 7) is 5.30. The molecule has 154 valence electrons. The van der Waals surface area contributed by atoms with E-state index in [9.17, 15) is 9.90 Å². The van der Waals surface area contributed by atoms with E-state index in [1.54, 1.807) is 0 Å². The Kier molecular flexibility index (Phi) is 5.34. The highest BCUT2D eigenvalue weighted by molar-refractivity contribution is 9.09. The zero-order chi connectivity index (χ0) is 19.4. The SMILES string of the molecule is COC[C@]12CC[C@@](C)(O)C[C@H]1CC[C@H]1[C@@H]3CC[C@H](C(=O)CBr)C3(C)CC[C@@H]12. The highest BCUT2D eigenvalue weighted by atomic mass is 79.9. The molecule has 0 aromatic carbocycles. The van der Waals surface area contributed by atoms with Crippen molar-refractivity contribution in [3.05, 3.63) is 0 Å². The van der Waals surface area contributed by atoms with Gasteiger partial charge in [-0.05, 0) is 99.2 Å². The number of halogens is 1. The van der Waals surface area contributed by atoms with Crippen molar-refractivity contribution >= 4 is 21.7 Å². The summed E-state index contributed by atoms with van der Waals surface area (Å²) >= 11 is 3.43. The van der Waals surface area contributed by atoms with E-state index >= 15 is 0 Å². The van der Waals surface area contributed by atoms with E-state index in [1.807, 2.05) is 14.0 Å². The van der Waals surface area contributed by atoms with Gasteiger partial charge in [0.2, 0.25) is 0 Å². The van der Waals surface area contributed by atoms with Crippen molar-refractivity contribution in [1.29, 1.82) is 0 Å². The fourth-order valence-electron chi connectivity index (χ4n) is 8.41. The molecule has 0 spiro atoms. The lowest BCUT2D eigenvalue weighted by atomic mass is 9.43. The van der Waals surface area contributed by atoms with Crippen LogP contribution in [0.25, 0.3) is 0 Å². The minimum absolute atomic E-state index is 0.202. The van der Waals surface area contributed by atoms with E-state index in [-0.39, 0.29) is 16.7 Å². The molecule has 4 aliphatic rings. The third-order valence-corrected chi connectivity index (χ3v) is 10.1. The summed E-state index contributed by atoms with van der Waals surface area (Å²) in [5.41, 5.74) is -0.0509. The van der Waals surface area contributed by atoms with Gasteiger partial charge in [-0.25, -0.2) is 0 Å². The normalized spacial score (nSPS) is 52.0. The lowest BCUT2D eigenvalue weighted by Crippen LogP contribution is -2.58. The Labute approximate surface area is 173 Å². The van der Waals surface area contributed by atoms with Gasteiger partial charge in [-0.15, -0.1) is 0 Å². The molecule has 4 fully saturated rings. The van der Waals surface area contributed by atoms with Gasteiger partial charge in [-0.2, -0.15) is 0 Å². The van der Waals surface area contributed by atoms with Crippen molar-refractivity contribution in [2.24, 2.45) is 40.4 Å². The topological polar surface area (TPSA) is 46.5 Å². The molecule has 1 N–H and O–H groups in total. The molecule has 4 aliphatic carbocycles. The van der Waals surface area contributed by atoms with E-state index in [2.05, 4.69) is 22.9 Å². The van der Waals surface area contributed by atoms with Gasteiger partial charge in [0.05, 0.1) is 17.5 Å². The standard InChI is InChI=1S/C23H37BrO3/c1-21(26)10-11-23(14-27-3)15(12-21)4-5-16-17-6-7-19(20(25)13-24)22(17,2)9-8-18(16)23/h15-19,26H,4-14H2,1-3H3/t15-,16+,17+,18+,19-,21-,22?,23-/m1/s1. The number of hydrogen-bond acceptors (Lipinski definition) is 3. The number of Topliss-reactive ketones (excluding diaryl/α,β-unsaturated/α-hetero) is 1. The number of alkyl halides is 1. The maximum atomic E-state index is 12.6. The van der Waals surface area contributed by atoms with Gasteiger partial charge < -0.3 is 9.84 Å². The molecule has 0 aromatic heterocycles. The number of carbonyl (C=O) groups excluding carboxylic acids is 1. The van der Waals surface area contributed by atoms with Crippen LogP contribution in [0, 0.1) is 40.4 Å². The Morgan fingerprint density at radius 3 is 2.56 bits per heavy atom. The maximum Gasteiger partial charge on any atom is 0.147 e. The van der Waals surface area contributed by atoms with E-state index in [0.717, 1.165) is 38.2 Å². The Balaban J connectivity index is 1.63. The fourth-order valence-corrected chi connectivity index (χ4v) is 8.80. The lowest BCUT2D eigenvalue weighted by Gasteiger charge is -2.62. The summed E-state index contributed by atoms with van der Waals surface area (Å²) < 4.78 is 5.83. The van der Waals surface area contributed by atoms with Gasteiger partial charge >= 0.3 is 0 Å². The second-order valence-electron chi connectivity index (χ2n) is 10.8. The van der Waals surface area contributed by atoms with Crippen LogP contribution < -0.4 is 0 Å². The third kappa shape index (κ3) is 3.08. The summed E-state index contributed by atoms with van der Waals surface area (Å²) in [7, 11) is 1.86. The fraction of sp³-hybridized carbons (Fsp3) is 0.957. The van der Waals surface area contributed by atoms with Crippen molar-refractivity contribution in [2.45, 2.75) is 77.2 Å². The number of rotatable bonds is 4. The van der Waals surface area contributed by atoms with E-state index in [1.165, 1.54) is 32.1 Å². The van der Waals surface area contributed by atoms with Gasteiger partial charge in [0.1, 0.15) is 5.78 Å². The van der Waals surface area contributed by atoms with Crippen LogP contribution in [0.4, 0.5) is 0 Å². The maximum absolute atomic E-state index is 12.6. The molecular formula is C23H37BrO3. The van der Waals surface area contributed by atoms with Crippen molar-refractivity contribution < 1.29 is 14.6 Å². The van der Waals surface area contributed by atoms with Crippen LogP contribution in [0.15, 0.2) is 0 Å². The first-order valence-electron chi connectivity index (χ1n) is 11.1. The van der Waals surface area contributed by atoms with Crippen molar-refractivity contribution in [3.8, 4) is 0 Å². The number of fused-ring (bicyclic) bond motifs is 5. The molecule has 0 radical (unpaired) electrons. The first-order valence-corrected chi connectivity index (χ1v) is 12.2. The van der Waals surface area contributed by atoms with Crippen LogP contribution in [0.5, 0.6) is 0 Å². The summed E-state index contributed by atoms with van der Waals surface area (Å²) in [5, 5.41) is 11.2. The Morgan fingerprint density at radius 1 is 1.07 bits per heavy atom. The van der Waals surface area contributed by atoms with Crippen LogP contribution in [-0.4, -0.2) is 35.5 Å². The molecule has 4 rings (SSSR count). The molecule has 0 aromatic rings. The predicted molar refractivity (Wildman–Crippen MR) is 111 cm³/mol. The summed E-state index contributed by atoms with van der Waals surface area (Å²) in [5.74, 6) is 3.42. The Morgan fingerprint density at radius 2 is 1.85 bits per heavy atom. The summed E-state index contributed by atoms with van der Waals surface area (Å²) in [4.78, 5) is 12.6. The average molecular weight is 441 g/mol. The highest BCUT2D eigenvalue weighted by Crippen LogP contribution is 2.68. The van der Waals surface area contributed by atoms with E-state index in [0.29, 0.717) is 28.9 Å². The van der Waals surface area contributed by atoms with Crippen LogP contribution >= 0.6 is 15.9 Å². The van der Waals surface area contributed by atoms with Crippen molar-refractivity contribution in [1.82, 2.24) is 0 Å². The van der Waals surface area contributed by atoms with Gasteiger partial charge in [0.25, 0.3) is 0 Å². The van der Waals surface area contributed by atoms with Gasteiger partial charge in [0.15, 0.2) is 0 Å². The molecule has 0 bridgehead atoms. The van der Waals surface area contributed by atoms with Gasteiger partial charge in [0, 0.05) is 13.0 Å². The van der Waals surface area contributed by atoms with Gasteiger partial charge in [-0.1, -0.05) is 22.9 Å². The number of methoxy groups -OCH3 is 1. The van der Waals surface area contributed by atoms with Crippen molar-refractivity contribution in [3.63, 3.8) is 0 Å². The molecule has 8 atom stereocenters. The van der Waals surface area contributed by atoms with Crippen LogP contribution in [0.3, 0.4) is 0 Å². The molecule has 4 heteroatoms. The lowest BCUT2D eigenvalue weighted by molar-refractivity contribution is -0.175. The molecule has 0 amide bonds. The molecular weight excluding hydrogens is 404 g/mol. The summed E-state index contributed by atoms with van der Waals surface area (Å²) in [6, 6.07) is 0. The van der Waals surface area contributed by atoms with Gasteiger partial charge in [-0.3, -0.25) is 4.79 Å². The van der Waals surface area contributed by atoms with E-state index < -0.39 is 5.60 Å². The molecule has 4 saturated carbocycles. The number of hydrogen-bond donors (Lipinski definition) is 1. The molecule has 0 aliphatic heterocycles.